The summed E-state index contributed by atoms with van der Waals surface area (Å²) in [6.07, 6.45) is 1.80. The van der Waals surface area contributed by atoms with Gasteiger partial charge in [0.15, 0.2) is 0 Å². The molecule has 0 atom stereocenters. The van der Waals surface area contributed by atoms with Crippen molar-refractivity contribution in [1.29, 1.82) is 0 Å². The molecule has 0 spiro atoms. The molecule has 0 bridgehead atoms. The normalized spacial score (nSPS) is 10.3. The van der Waals surface area contributed by atoms with E-state index in [4.69, 9.17) is 0 Å². The van der Waals surface area contributed by atoms with E-state index in [9.17, 15) is 4.79 Å². The minimum Gasteiger partial charge on any atom is -0.378 e. The number of nitrogens with zero attached hydrogens (tertiary/aromatic N) is 2. The van der Waals surface area contributed by atoms with Gasteiger partial charge in [0.05, 0.1) is 11.6 Å². The van der Waals surface area contributed by atoms with E-state index in [-0.39, 0.29) is 5.91 Å². The van der Waals surface area contributed by atoms with Crippen molar-refractivity contribution in [2.75, 3.05) is 19.0 Å². The molecular formula is C14H17N3OS. The summed E-state index contributed by atoms with van der Waals surface area (Å²) in [4.78, 5) is 19.3. The number of hydrogen-bond donors (Lipinski definition) is 1. The Labute approximate surface area is 117 Å². The molecule has 1 aromatic carbocycles. The van der Waals surface area contributed by atoms with Gasteiger partial charge in [-0.25, -0.2) is 4.98 Å². The molecule has 0 fully saturated rings. The summed E-state index contributed by atoms with van der Waals surface area (Å²) in [5, 5.41) is 3.92. The second-order valence-corrected chi connectivity index (χ2v) is 5.79. The average molecular weight is 275 g/mol. The van der Waals surface area contributed by atoms with Crippen LogP contribution in [0.2, 0.25) is 0 Å². The third-order valence-corrected chi connectivity index (χ3v) is 3.63. The first-order valence-corrected chi connectivity index (χ1v) is 6.85. The van der Waals surface area contributed by atoms with Crippen LogP contribution in [0.1, 0.15) is 20.2 Å². The van der Waals surface area contributed by atoms with Gasteiger partial charge in [-0.2, -0.15) is 0 Å². The summed E-state index contributed by atoms with van der Waals surface area (Å²) in [6, 6.07) is 7.57. The molecule has 5 heteroatoms. The lowest BCUT2D eigenvalue weighted by molar-refractivity contribution is 0.0951. The minimum absolute atomic E-state index is 0.0604. The predicted octanol–water partition coefficient (Wildman–Crippen LogP) is 2.45. The van der Waals surface area contributed by atoms with Gasteiger partial charge in [0.2, 0.25) is 0 Å². The Hall–Kier alpha value is -1.88. The van der Waals surface area contributed by atoms with Crippen molar-refractivity contribution >= 4 is 22.9 Å². The molecule has 0 unspecified atom stereocenters. The fourth-order valence-corrected chi connectivity index (χ4v) is 2.42. The Morgan fingerprint density at radius 1 is 1.42 bits per heavy atom. The molecule has 100 valence electrons. The van der Waals surface area contributed by atoms with Crippen LogP contribution in [0.5, 0.6) is 0 Å². The van der Waals surface area contributed by atoms with Crippen LogP contribution < -0.4 is 10.2 Å². The molecule has 0 radical (unpaired) electrons. The van der Waals surface area contributed by atoms with Crippen molar-refractivity contribution in [3.8, 4) is 0 Å². The second kappa shape index (κ2) is 5.84. The van der Waals surface area contributed by atoms with Crippen molar-refractivity contribution in [2.24, 2.45) is 0 Å². The Morgan fingerprint density at radius 3 is 2.84 bits per heavy atom. The summed E-state index contributed by atoms with van der Waals surface area (Å²) in [5.41, 5.74) is 1.69. The van der Waals surface area contributed by atoms with Crippen LogP contribution in [-0.2, 0) is 6.54 Å². The van der Waals surface area contributed by atoms with E-state index < -0.39 is 0 Å². The first kappa shape index (κ1) is 13.5. The van der Waals surface area contributed by atoms with E-state index in [1.54, 1.807) is 17.5 Å². The molecule has 1 amide bonds. The molecule has 2 aromatic rings. The largest absolute Gasteiger partial charge is 0.378 e. The molecule has 2 rings (SSSR count). The zero-order valence-electron chi connectivity index (χ0n) is 11.3. The van der Waals surface area contributed by atoms with Crippen molar-refractivity contribution in [1.82, 2.24) is 10.3 Å². The fourth-order valence-electron chi connectivity index (χ4n) is 1.68. The van der Waals surface area contributed by atoms with Crippen LogP contribution >= 0.6 is 11.3 Å². The topological polar surface area (TPSA) is 45.2 Å². The number of carbonyl (C=O) groups excluding carboxylic acids is 1. The molecule has 4 nitrogen and oxygen atoms in total. The highest BCUT2D eigenvalue weighted by Gasteiger charge is 2.07. The maximum absolute atomic E-state index is 12.1. The van der Waals surface area contributed by atoms with E-state index in [1.807, 2.05) is 50.2 Å². The summed E-state index contributed by atoms with van der Waals surface area (Å²) < 4.78 is 0. The number of aryl methyl sites for hydroxylation is 1. The van der Waals surface area contributed by atoms with E-state index in [1.165, 1.54) is 0 Å². The van der Waals surface area contributed by atoms with Gasteiger partial charge in [-0.3, -0.25) is 4.79 Å². The van der Waals surface area contributed by atoms with Crippen LogP contribution in [0.4, 0.5) is 5.69 Å². The Bertz CT molecular complexity index is 578. The highest BCUT2D eigenvalue weighted by atomic mass is 32.1. The van der Waals surface area contributed by atoms with Crippen LogP contribution in [0, 0.1) is 6.92 Å². The van der Waals surface area contributed by atoms with E-state index in [0.29, 0.717) is 12.1 Å². The lowest BCUT2D eigenvalue weighted by Crippen LogP contribution is -2.22. The standard InChI is InChI=1S/C14H17N3OS/c1-10-15-8-13(19-10)9-16-14(18)11-5-4-6-12(7-11)17(2)3/h4-8H,9H2,1-3H3,(H,16,18). The summed E-state index contributed by atoms with van der Waals surface area (Å²) in [5.74, 6) is -0.0604. The number of carbonyl (C=O) groups is 1. The molecule has 0 aliphatic rings. The third kappa shape index (κ3) is 3.54. The van der Waals surface area contributed by atoms with E-state index in [2.05, 4.69) is 10.3 Å². The number of aromatic nitrogens is 1. The number of benzene rings is 1. The molecule has 0 saturated heterocycles. The summed E-state index contributed by atoms with van der Waals surface area (Å²) in [7, 11) is 3.91. The molecule has 1 heterocycles. The van der Waals surface area contributed by atoms with Crippen LogP contribution in [0.15, 0.2) is 30.5 Å². The zero-order chi connectivity index (χ0) is 13.8. The molecule has 0 saturated carbocycles. The minimum atomic E-state index is -0.0604. The molecule has 19 heavy (non-hydrogen) atoms. The van der Waals surface area contributed by atoms with Crippen LogP contribution in [0.3, 0.4) is 0 Å². The van der Waals surface area contributed by atoms with Crippen molar-refractivity contribution < 1.29 is 4.79 Å². The molecular weight excluding hydrogens is 258 g/mol. The highest BCUT2D eigenvalue weighted by Crippen LogP contribution is 2.14. The van der Waals surface area contributed by atoms with Gasteiger partial charge in [0.25, 0.3) is 5.91 Å². The van der Waals surface area contributed by atoms with Gasteiger partial charge in [-0.05, 0) is 25.1 Å². The number of nitrogens with one attached hydrogen (secondary N) is 1. The lowest BCUT2D eigenvalue weighted by atomic mass is 10.2. The predicted molar refractivity (Wildman–Crippen MR) is 78.8 cm³/mol. The van der Waals surface area contributed by atoms with Crippen LogP contribution in [-0.4, -0.2) is 25.0 Å². The van der Waals surface area contributed by atoms with Gasteiger partial charge >= 0.3 is 0 Å². The van der Waals surface area contributed by atoms with Gasteiger partial charge in [0, 0.05) is 36.4 Å². The first-order chi connectivity index (χ1) is 9.06. The molecule has 0 aliphatic carbocycles. The van der Waals surface area contributed by atoms with Gasteiger partial charge < -0.3 is 10.2 Å². The number of amides is 1. The van der Waals surface area contributed by atoms with E-state index in [0.717, 1.165) is 15.6 Å². The Morgan fingerprint density at radius 2 is 2.21 bits per heavy atom. The van der Waals surface area contributed by atoms with Gasteiger partial charge in [-0.1, -0.05) is 6.07 Å². The lowest BCUT2D eigenvalue weighted by Gasteiger charge is -2.13. The van der Waals surface area contributed by atoms with Gasteiger partial charge in [0.1, 0.15) is 0 Å². The van der Waals surface area contributed by atoms with Crippen molar-refractivity contribution in [3.05, 3.63) is 45.9 Å². The van der Waals surface area contributed by atoms with Crippen LogP contribution in [0.25, 0.3) is 0 Å². The molecule has 1 aromatic heterocycles. The average Bonchev–Trinajstić information content (AvgIpc) is 2.82. The molecule has 1 N–H and O–H groups in total. The number of anilines is 1. The maximum Gasteiger partial charge on any atom is 0.251 e. The third-order valence-electron chi connectivity index (χ3n) is 2.72. The Balaban J connectivity index is 2.01. The van der Waals surface area contributed by atoms with E-state index >= 15 is 0 Å². The number of hydrogen-bond acceptors (Lipinski definition) is 4. The summed E-state index contributed by atoms with van der Waals surface area (Å²) in [6.45, 7) is 2.48. The highest BCUT2D eigenvalue weighted by molar-refractivity contribution is 7.11. The smallest absolute Gasteiger partial charge is 0.251 e. The quantitative estimate of drug-likeness (QED) is 0.932. The Kier molecular flexibility index (Phi) is 4.16. The first-order valence-electron chi connectivity index (χ1n) is 6.03. The second-order valence-electron chi connectivity index (χ2n) is 4.47. The number of thiazole rings is 1. The zero-order valence-corrected chi connectivity index (χ0v) is 12.1. The SMILES string of the molecule is Cc1ncc(CNC(=O)c2cccc(N(C)C)c2)s1. The summed E-state index contributed by atoms with van der Waals surface area (Å²) >= 11 is 1.60. The van der Waals surface area contributed by atoms with Gasteiger partial charge in [-0.15, -0.1) is 11.3 Å². The molecule has 0 aliphatic heterocycles. The fraction of sp³-hybridized carbons (Fsp3) is 0.286. The van der Waals surface area contributed by atoms with Crippen molar-refractivity contribution in [3.63, 3.8) is 0 Å². The van der Waals surface area contributed by atoms with Crippen molar-refractivity contribution in [2.45, 2.75) is 13.5 Å². The maximum atomic E-state index is 12.1. The number of rotatable bonds is 4. The monoisotopic (exact) mass is 275 g/mol.